The van der Waals surface area contributed by atoms with E-state index in [0.29, 0.717) is 12.0 Å². The summed E-state index contributed by atoms with van der Waals surface area (Å²) in [7, 11) is 1.62. The molecule has 1 N–H and O–H groups in total. The number of hydrogen-bond donors (Lipinski definition) is 1. The molecule has 16 heavy (non-hydrogen) atoms. The molecule has 1 aliphatic carbocycles. The summed E-state index contributed by atoms with van der Waals surface area (Å²) in [5.74, 6) is -0.102. The lowest BCUT2D eigenvalue weighted by molar-refractivity contribution is -0.247. The lowest BCUT2D eigenvalue weighted by atomic mass is 9.83. The van der Waals surface area contributed by atoms with Crippen LogP contribution < -0.4 is 0 Å². The molecule has 0 radical (unpaired) electrons. The van der Waals surface area contributed by atoms with E-state index in [1.807, 2.05) is 13.8 Å². The topological polar surface area (TPSA) is 51.2 Å². The number of ether oxygens (including phenoxy) is 3. The van der Waals surface area contributed by atoms with Crippen molar-refractivity contribution in [1.82, 2.24) is 0 Å². The minimum Gasteiger partial charge on any atom is -0.390 e. The molecule has 1 heterocycles. The van der Waals surface area contributed by atoms with Crippen molar-refractivity contribution in [1.29, 1.82) is 0 Å². The van der Waals surface area contributed by atoms with E-state index in [0.717, 1.165) is 25.9 Å². The summed E-state index contributed by atoms with van der Waals surface area (Å²) in [5, 5.41) is 10.0. The Labute approximate surface area is 96.9 Å². The zero-order valence-electron chi connectivity index (χ0n) is 10.3. The van der Waals surface area contributed by atoms with Crippen LogP contribution >= 0.6 is 0 Å². The Hall–Kier alpha value is -0.160. The molecule has 0 amide bonds. The fourth-order valence-electron chi connectivity index (χ4n) is 2.37. The first-order chi connectivity index (χ1) is 7.52. The Bertz CT molecular complexity index is 237. The highest BCUT2D eigenvalue weighted by atomic mass is 16.7. The van der Waals surface area contributed by atoms with E-state index in [-0.39, 0.29) is 6.10 Å². The predicted molar refractivity (Wildman–Crippen MR) is 59.0 cm³/mol. The van der Waals surface area contributed by atoms with Crippen molar-refractivity contribution in [3.63, 3.8) is 0 Å². The summed E-state index contributed by atoms with van der Waals surface area (Å²) in [5.41, 5.74) is 0. The van der Waals surface area contributed by atoms with E-state index in [1.165, 1.54) is 0 Å². The van der Waals surface area contributed by atoms with E-state index in [9.17, 15) is 5.11 Å². The van der Waals surface area contributed by atoms with Gasteiger partial charge in [-0.1, -0.05) is 0 Å². The van der Waals surface area contributed by atoms with Crippen LogP contribution in [-0.4, -0.2) is 42.9 Å². The van der Waals surface area contributed by atoms with Crippen molar-refractivity contribution in [3.8, 4) is 0 Å². The van der Waals surface area contributed by atoms with Crippen molar-refractivity contribution in [2.45, 2.75) is 57.2 Å². The molecule has 94 valence electrons. The molecule has 4 atom stereocenters. The Morgan fingerprint density at radius 2 is 2.00 bits per heavy atom. The molecule has 2 aliphatic rings. The monoisotopic (exact) mass is 230 g/mol. The highest BCUT2D eigenvalue weighted by Gasteiger charge is 2.40. The number of hydrogen-bond acceptors (Lipinski definition) is 4. The van der Waals surface area contributed by atoms with E-state index >= 15 is 0 Å². The molecule has 1 aliphatic heterocycles. The van der Waals surface area contributed by atoms with Crippen LogP contribution in [0.5, 0.6) is 0 Å². The molecular weight excluding hydrogens is 208 g/mol. The molecule has 0 aromatic heterocycles. The second kappa shape index (κ2) is 4.61. The highest BCUT2D eigenvalue weighted by Crippen LogP contribution is 2.36. The minimum absolute atomic E-state index is 0.107. The van der Waals surface area contributed by atoms with Gasteiger partial charge in [0, 0.05) is 7.11 Å². The first kappa shape index (κ1) is 12.3. The summed E-state index contributed by atoms with van der Waals surface area (Å²) in [6, 6.07) is 0. The van der Waals surface area contributed by atoms with E-state index in [1.54, 1.807) is 7.11 Å². The third kappa shape index (κ3) is 2.94. The molecule has 0 aromatic carbocycles. The first-order valence-electron chi connectivity index (χ1n) is 6.04. The van der Waals surface area contributed by atoms with Crippen LogP contribution in [0.25, 0.3) is 0 Å². The first-order valence-corrected chi connectivity index (χ1v) is 6.04. The van der Waals surface area contributed by atoms with Gasteiger partial charge in [0.25, 0.3) is 0 Å². The number of methoxy groups -OCH3 is 1. The summed E-state index contributed by atoms with van der Waals surface area (Å²) in [6.45, 7) is 4.61. The Morgan fingerprint density at radius 3 is 2.50 bits per heavy atom. The van der Waals surface area contributed by atoms with Crippen LogP contribution in [-0.2, 0) is 14.2 Å². The number of aliphatic hydroxyl groups is 1. The molecule has 4 unspecified atom stereocenters. The molecule has 0 spiro atoms. The third-order valence-electron chi connectivity index (χ3n) is 3.61. The summed E-state index contributed by atoms with van der Waals surface area (Å²) < 4.78 is 16.3. The van der Waals surface area contributed by atoms with Crippen LogP contribution in [0.4, 0.5) is 0 Å². The summed E-state index contributed by atoms with van der Waals surface area (Å²) in [4.78, 5) is 0. The number of rotatable bonds is 4. The normalized spacial score (nSPS) is 39.8. The van der Waals surface area contributed by atoms with Gasteiger partial charge in [-0.15, -0.1) is 0 Å². The average molecular weight is 230 g/mol. The Balaban J connectivity index is 1.83. The fourth-order valence-corrected chi connectivity index (χ4v) is 2.37. The van der Waals surface area contributed by atoms with Crippen LogP contribution in [0.2, 0.25) is 0 Å². The molecule has 2 rings (SSSR count). The zero-order valence-corrected chi connectivity index (χ0v) is 10.3. The summed E-state index contributed by atoms with van der Waals surface area (Å²) in [6.07, 6.45) is 2.65. The molecule has 1 saturated heterocycles. The van der Waals surface area contributed by atoms with Crippen LogP contribution in [0.3, 0.4) is 0 Å². The van der Waals surface area contributed by atoms with Crippen molar-refractivity contribution < 1.29 is 19.3 Å². The Kier molecular flexibility index (Phi) is 3.54. The van der Waals surface area contributed by atoms with Crippen molar-refractivity contribution in [2.24, 2.45) is 5.92 Å². The maximum absolute atomic E-state index is 10.0. The molecule has 0 bridgehead atoms. The van der Waals surface area contributed by atoms with Gasteiger partial charge < -0.3 is 19.3 Å². The lowest BCUT2D eigenvalue weighted by Crippen LogP contribution is -2.43. The number of aliphatic hydroxyl groups excluding tert-OH is 1. The maximum Gasteiger partial charge on any atom is 0.162 e. The van der Waals surface area contributed by atoms with Gasteiger partial charge in [-0.25, -0.2) is 0 Å². The zero-order chi connectivity index (χ0) is 11.8. The lowest BCUT2D eigenvalue weighted by Gasteiger charge is -2.37. The van der Waals surface area contributed by atoms with Gasteiger partial charge in [0.2, 0.25) is 0 Å². The molecular formula is C12H22O4. The van der Waals surface area contributed by atoms with Crippen LogP contribution in [0.1, 0.15) is 33.1 Å². The van der Waals surface area contributed by atoms with Crippen molar-refractivity contribution in [2.75, 3.05) is 13.7 Å². The second-order valence-electron chi connectivity index (χ2n) is 5.27. The van der Waals surface area contributed by atoms with Gasteiger partial charge >= 0.3 is 0 Å². The fraction of sp³-hybridized carbons (Fsp3) is 1.00. The van der Waals surface area contributed by atoms with Crippen molar-refractivity contribution in [3.05, 3.63) is 0 Å². The molecule has 4 nitrogen and oxygen atoms in total. The largest absolute Gasteiger partial charge is 0.390 e. The van der Waals surface area contributed by atoms with Gasteiger partial charge in [0.1, 0.15) is 0 Å². The van der Waals surface area contributed by atoms with E-state index in [4.69, 9.17) is 14.2 Å². The average Bonchev–Trinajstić information content (AvgIpc) is 3.04. The predicted octanol–water partition coefficient (Wildman–Crippen LogP) is 1.31. The van der Waals surface area contributed by atoms with E-state index in [2.05, 4.69) is 0 Å². The van der Waals surface area contributed by atoms with Gasteiger partial charge in [-0.05, 0) is 39.0 Å². The highest BCUT2D eigenvalue weighted by molar-refractivity contribution is 4.89. The quantitative estimate of drug-likeness (QED) is 0.584. The maximum atomic E-state index is 10.0. The van der Waals surface area contributed by atoms with Gasteiger partial charge in [0.15, 0.2) is 5.79 Å². The SMILES string of the molecule is COC(C)(C)OC1CCC(C2CO2)CC1O. The smallest absolute Gasteiger partial charge is 0.162 e. The van der Waals surface area contributed by atoms with Gasteiger partial charge in [-0.2, -0.15) is 0 Å². The van der Waals surface area contributed by atoms with Crippen LogP contribution in [0, 0.1) is 5.92 Å². The molecule has 1 saturated carbocycles. The van der Waals surface area contributed by atoms with Gasteiger partial charge in [0.05, 0.1) is 24.9 Å². The van der Waals surface area contributed by atoms with Crippen molar-refractivity contribution >= 4 is 0 Å². The second-order valence-corrected chi connectivity index (χ2v) is 5.27. The minimum atomic E-state index is -0.617. The van der Waals surface area contributed by atoms with Gasteiger partial charge in [-0.3, -0.25) is 0 Å². The number of epoxide rings is 1. The summed E-state index contributed by atoms with van der Waals surface area (Å²) >= 11 is 0. The Morgan fingerprint density at radius 1 is 1.31 bits per heavy atom. The molecule has 0 aromatic rings. The van der Waals surface area contributed by atoms with Crippen LogP contribution in [0.15, 0.2) is 0 Å². The molecule has 2 fully saturated rings. The molecule has 4 heteroatoms. The standard InChI is InChI=1S/C12H22O4/c1-12(2,14-3)16-10-5-4-8(6-9(10)13)11-7-15-11/h8-11,13H,4-7H2,1-3H3. The van der Waals surface area contributed by atoms with E-state index < -0.39 is 11.9 Å². The third-order valence-corrected chi connectivity index (χ3v) is 3.61.